The summed E-state index contributed by atoms with van der Waals surface area (Å²) >= 11 is 3.82. The quantitative estimate of drug-likeness (QED) is 0.418. The largest absolute Gasteiger partial charge is 0.591 e. The zero-order valence-electron chi connectivity index (χ0n) is 15.5. The summed E-state index contributed by atoms with van der Waals surface area (Å²) in [6, 6.07) is 10.4. The molecule has 0 spiro atoms. The average Bonchev–Trinajstić information content (AvgIpc) is 2.58. The smallest absolute Gasteiger partial charge is 0.191 e. The predicted molar refractivity (Wildman–Crippen MR) is 111 cm³/mol. The number of methoxy groups -OCH3 is 1. The number of rotatable bonds is 4. The van der Waals surface area contributed by atoms with Crippen molar-refractivity contribution in [3.63, 3.8) is 0 Å². The third-order valence-electron chi connectivity index (χ3n) is 3.80. The summed E-state index contributed by atoms with van der Waals surface area (Å²) < 4.78 is 35.6. The lowest BCUT2D eigenvalue weighted by molar-refractivity contribution is 0.416. The van der Waals surface area contributed by atoms with Crippen molar-refractivity contribution >= 4 is 34.8 Å². The fourth-order valence-corrected chi connectivity index (χ4v) is 3.14. The molecule has 138 valence electrons. The van der Waals surface area contributed by atoms with Gasteiger partial charge in [0.25, 0.3) is 0 Å². The highest BCUT2D eigenvalue weighted by Gasteiger charge is 2.26. The summed E-state index contributed by atoms with van der Waals surface area (Å²) in [6.45, 7) is 7.38. The Hall–Kier alpha value is -1.76. The van der Waals surface area contributed by atoms with Gasteiger partial charge in [-0.25, -0.2) is 4.39 Å². The highest BCUT2D eigenvalue weighted by Crippen LogP contribution is 2.32. The van der Waals surface area contributed by atoms with Crippen LogP contribution in [0, 0.1) is 12.7 Å². The maximum Gasteiger partial charge on any atom is 0.191 e. The molecule has 2 aromatic carbocycles. The number of hydrogen-bond donors (Lipinski definition) is 0. The molecule has 0 bridgehead atoms. The molecule has 0 aromatic heterocycles. The van der Waals surface area contributed by atoms with Crippen LogP contribution < -0.4 is 0 Å². The monoisotopic (exact) mass is 391 g/mol. The van der Waals surface area contributed by atoms with Crippen LogP contribution in [0.4, 0.5) is 4.39 Å². The molecular weight excluding hydrogens is 369 g/mol. The number of hydrogen-bond acceptors (Lipinski definition) is 4. The average molecular weight is 392 g/mol. The van der Waals surface area contributed by atoms with E-state index in [2.05, 4.69) is 4.40 Å². The number of nitrogens with zero attached hydrogens (tertiary/aromatic N) is 1. The lowest BCUT2D eigenvalue weighted by Gasteiger charge is -2.18. The molecule has 0 radical (unpaired) electrons. The second-order valence-corrected chi connectivity index (χ2v) is 9.09. The van der Waals surface area contributed by atoms with Gasteiger partial charge in [0, 0.05) is 11.1 Å². The van der Waals surface area contributed by atoms with Gasteiger partial charge in [-0.15, -0.1) is 0 Å². The molecule has 0 saturated heterocycles. The van der Waals surface area contributed by atoms with Gasteiger partial charge in [-0.2, -0.15) is 0 Å². The SMILES string of the molecule is COC(=S)c1cccc(C)c1-c1cccc(F)c1C=N[S+]([O-])C(C)(C)C. The third kappa shape index (κ3) is 4.50. The van der Waals surface area contributed by atoms with Crippen LogP contribution >= 0.6 is 12.2 Å². The molecule has 0 aliphatic rings. The Morgan fingerprint density at radius 2 is 1.88 bits per heavy atom. The second-order valence-electron chi connectivity index (χ2n) is 6.79. The van der Waals surface area contributed by atoms with Gasteiger partial charge in [0.2, 0.25) is 0 Å². The normalized spacial score (nSPS) is 13.0. The molecule has 1 atom stereocenters. The lowest BCUT2D eigenvalue weighted by Crippen LogP contribution is -2.25. The van der Waals surface area contributed by atoms with Gasteiger partial charge >= 0.3 is 0 Å². The molecule has 1 unspecified atom stereocenters. The molecule has 0 N–H and O–H groups in total. The van der Waals surface area contributed by atoms with Crippen molar-refractivity contribution < 1.29 is 13.7 Å². The zero-order valence-corrected chi connectivity index (χ0v) is 17.1. The Labute approximate surface area is 162 Å². The van der Waals surface area contributed by atoms with Crippen molar-refractivity contribution in [3.8, 4) is 11.1 Å². The number of benzene rings is 2. The van der Waals surface area contributed by atoms with Crippen LogP contribution in [-0.4, -0.2) is 27.7 Å². The van der Waals surface area contributed by atoms with Crippen LogP contribution in [0.5, 0.6) is 0 Å². The summed E-state index contributed by atoms with van der Waals surface area (Å²) in [5, 5.41) is 0.328. The van der Waals surface area contributed by atoms with E-state index in [9.17, 15) is 8.94 Å². The Bertz CT molecular complexity index is 844. The summed E-state index contributed by atoms with van der Waals surface area (Å²) in [7, 11) is 1.51. The van der Waals surface area contributed by atoms with Gasteiger partial charge in [0.15, 0.2) is 5.05 Å². The van der Waals surface area contributed by atoms with E-state index in [1.54, 1.807) is 12.1 Å². The zero-order chi connectivity index (χ0) is 19.5. The molecule has 0 aliphatic heterocycles. The highest BCUT2D eigenvalue weighted by atomic mass is 32.2. The Morgan fingerprint density at radius 1 is 1.23 bits per heavy atom. The van der Waals surface area contributed by atoms with Gasteiger partial charge < -0.3 is 9.29 Å². The van der Waals surface area contributed by atoms with E-state index in [1.807, 2.05) is 45.9 Å². The fraction of sp³-hybridized carbons (Fsp3) is 0.300. The first-order valence-electron chi connectivity index (χ1n) is 8.09. The topological polar surface area (TPSA) is 44.6 Å². The van der Waals surface area contributed by atoms with E-state index in [0.29, 0.717) is 16.2 Å². The summed E-state index contributed by atoms with van der Waals surface area (Å²) in [4.78, 5) is 0. The Morgan fingerprint density at radius 3 is 2.50 bits per heavy atom. The minimum Gasteiger partial charge on any atom is -0.591 e. The van der Waals surface area contributed by atoms with Crippen molar-refractivity contribution in [2.45, 2.75) is 32.4 Å². The van der Waals surface area contributed by atoms with Crippen molar-refractivity contribution in [1.82, 2.24) is 0 Å². The molecule has 2 rings (SSSR count). The lowest BCUT2D eigenvalue weighted by atomic mass is 9.92. The molecule has 0 amide bonds. The number of thiocarbonyl (C=S) groups is 1. The van der Waals surface area contributed by atoms with Crippen molar-refractivity contribution in [3.05, 3.63) is 58.9 Å². The fourth-order valence-electron chi connectivity index (χ4n) is 2.45. The molecule has 0 saturated carbocycles. The van der Waals surface area contributed by atoms with Crippen LogP contribution in [0.3, 0.4) is 0 Å². The molecule has 2 aromatic rings. The van der Waals surface area contributed by atoms with Crippen LogP contribution in [0.25, 0.3) is 11.1 Å². The van der Waals surface area contributed by atoms with E-state index in [1.165, 1.54) is 19.4 Å². The molecule has 3 nitrogen and oxygen atoms in total. The first-order chi connectivity index (χ1) is 12.2. The van der Waals surface area contributed by atoms with E-state index >= 15 is 0 Å². The molecule has 0 heterocycles. The standard InChI is InChI=1S/C20H22FNO2S2/c1-13-8-6-10-15(19(25)24-5)18(13)14-9-7-11-17(21)16(14)12-22-26(23)20(2,3)4/h6-12H,1-5H3. The molecule has 0 aliphatic carbocycles. The van der Waals surface area contributed by atoms with Crippen molar-refractivity contribution in [2.75, 3.05) is 7.11 Å². The van der Waals surface area contributed by atoms with E-state index < -0.39 is 21.9 Å². The summed E-state index contributed by atoms with van der Waals surface area (Å²) in [5.74, 6) is -0.435. The van der Waals surface area contributed by atoms with Crippen LogP contribution in [0.2, 0.25) is 0 Å². The third-order valence-corrected chi connectivity index (χ3v) is 5.53. The van der Waals surface area contributed by atoms with Gasteiger partial charge in [-0.3, -0.25) is 0 Å². The van der Waals surface area contributed by atoms with E-state index in [4.69, 9.17) is 17.0 Å². The van der Waals surface area contributed by atoms with Gasteiger partial charge in [0.1, 0.15) is 21.9 Å². The summed E-state index contributed by atoms with van der Waals surface area (Å²) in [5.41, 5.74) is 3.33. The number of ether oxygens (including phenoxy) is 1. The Balaban J connectivity index is 2.65. The minimum atomic E-state index is -1.48. The first-order valence-corrected chi connectivity index (χ1v) is 9.61. The highest BCUT2D eigenvalue weighted by molar-refractivity contribution is 7.91. The van der Waals surface area contributed by atoms with E-state index in [0.717, 1.165) is 11.1 Å². The van der Waals surface area contributed by atoms with Crippen molar-refractivity contribution in [2.24, 2.45) is 4.40 Å². The number of halogens is 1. The summed E-state index contributed by atoms with van der Waals surface area (Å²) in [6.07, 6.45) is 1.35. The van der Waals surface area contributed by atoms with E-state index in [-0.39, 0.29) is 5.56 Å². The van der Waals surface area contributed by atoms with Crippen LogP contribution in [-0.2, 0) is 16.1 Å². The first kappa shape index (κ1) is 20.6. The molecular formula is C20H22FNO2S2. The van der Waals surface area contributed by atoms with Crippen molar-refractivity contribution in [1.29, 1.82) is 0 Å². The van der Waals surface area contributed by atoms with Crippen LogP contribution in [0.1, 0.15) is 37.5 Å². The van der Waals surface area contributed by atoms with Crippen LogP contribution in [0.15, 0.2) is 40.8 Å². The predicted octanol–water partition coefficient (Wildman–Crippen LogP) is 5.00. The Kier molecular flexibility index (Phi) is 6.55. The minimum absolute atomic E-state index is 0.277. The molecule has 0 fully saturated rings. The number of aryl methyl sites for hydroxylation is 1. The maximum absolute atomic E-state index is 14.6. The van der Waals surface area contributed by atoms with Gasteiger partial charge in [-0.1, -0.05) is 28.7 Å². The molecule has 26 heavy (non-hydrogen) atoms. The second kappa shape index (κ2) is 8.29. The van der Waals surface area contributed by atoms with Gasteiger partial charge in [0.05, 0.1) is 13.3 Å². The molecule has 6 heteroatoms. The van der Waals surface area contributed by atoms with Gasteiger partial charge in [-0.05, 0) is 68.7 Å². The maximum atomic E-state index is 14.6.